The van der Waals surface area contributed by atoms with E-state index in [2.05, 4.69) is 31.9 Å². The molecule has 0 bridgehead atoms. The predicted molar refractivity (Wildman–Crippen MR) is 224 cm³/mol. The van der Waals surface area contributed by atoms with Crippen LogP contribution in [0.15, 0.2) is 89.4 Å². The van der Waals surface area contributed by atoms with Crippen molar-refractivity contribution in [2.24, 2.45) is 10.8 Å². The summed E-state index contributed by atoms with van der Waals surface area (Å²) in [6.07, 6.45) is -0.552. The second-order valence-corrected chi connectivity index (χ2v) is 15.7. The van der Waals surface area contributed by atoms with Crippen molar-refractivity contribution < 1.29 is 28.6 Å². The zero-order valence-corrected chi connectivity index (χ0v) is 33.0. The van der Waals surface area contributed by atoms with Crippen LogP contribution < -0.4 is 25.4 Å². The number of ether oxygens (including phenoxy) is 3. The van der Waals surface area contributed by atoms with Gasteiger partial charge in [-0.1, -0.05) is 80.7 Å². The molecule has 0 atom stereocenters. The summed E-state index contributed by atoms with van der Waals surface area (Å²) in [7, 11) is 3.19. The number of benzene rings is 4. The number of carbonyl (C=O) groups is 3. The van der Waals surface area contributed by atoms with E-state index in [1.54, 1.807) is 59.3 Å². The van der Waals surface area contributed by atoms with Crippen LogP contribution >= 0.6 is 15.9 Å². The molecule has 0 aliphatic rings. The van der Waals surface area contributed by atoms with E-state index in [9.17, 15) is 14.4 Å². The van der Waals surface area contributed by atoms with Gasteiger partial charge in [0.1, 0.15) is 17.1 Å². The maximum absolute atomic E-state index is 12.9. The van der Waals surface area contributed by atoms with Crippen LogP contribution in [0.1, 0.15) is 97.9 Å². The van der Waals surface area contributed by atoms with Gasteiger partial charge in [0, 0.05) is 38.6 Å². The van der Waals surface area contributed by atoms with Crippen molar-refractivity contribution in [2.75, 3.05) is 30.2 Å². The van der Waals surface area contributed by atoms with Gasteiger partial charge in [-0.05, 0) is 85.2 Å². The Kier molecular flexibility index (Phi) is 16.8. The summed E-state index contributed by atoms with van der Waals surface area (Å²) in [5.74, 6) is 1.42. The fraction of sp³-hybridized carbons (Fsp3) is 0.372. The van der Waals surface area contributed by atoms with Crippen molar-refractivity contribution in [1.29, 1.82) is 0 Å². The summed E-state index contributed by atoms with van der Waals surface area (Å²) >= 11 is 3.51. The van der Waals surface area contributed by atoms with E-state index >= 15 is 0 Å². The Morgan fingerprint density at radius 1 is 0.547 bits per heavy atom. The minimum Gasteiger partial charge on any atom is -0.497 e. The number of carbonyl (C=O) groups excluding carboxylic acids is 3. The van der Waals surface area contributed by atoms with Crippen molar-refractivity contribution in [3.63, 3.8) is 0 Å². The number of nitrogens with one attached hydrogen (secondary N) is 3. The number of hydrogen-bond donors (Lipinski definition) is 3. The van der Waals surface area contributed by atoms with Crippen LogP contribution in [-0.4, -0.2) is 37.5 Å². The Hall–Kier alpha value is -4.83. The fourth-order valence-electron chi connectivity index (χ4n) is 4.68. The predicted octanol–water partition coefficient (Wildman–Crippen LogP) is 12.7. The van der Waals surface area contributed by atoms with Crippen LogP contribution in [0.25, 0.3) is 0 Å². The van der Waals surface area contributed by atoms with E-state index in [4.69, 9.17) is 14.2 Å². The molecule has 0 aliphatic carbocycles. The van der Waals surface area contributed by atoms with Crippen LogP contribution in [0.5, 0.6) is 11.5 Å². The van der Waals surface area contributed by atoms with Gasteiger partial charge in [-0.2, -0.15) is 0 Å². The second kappa shape index (κ2) is 19.3. The van der Waals surface area contributed by atoms with Crippen LogP contribution in [0, 0.1) is 10.8 Å². The summed E-state index contributed by atoms with van der Waals surface area (Å²) in [6, 6.07) is 25.8. The first-order valence-corrected chi connectivity index (χ1v) is 17.4. The average molecular weight is 793 g/mol. The van der Waals surface area contributed by atoms with E-state index < -0.39 is 22.5 Å². The van der Waals surface area contributed by atoms with E-state index in [0.717, 1.165) is 15.8 Å². The zero-order chi connectivity index (χ0) is 38.1. The first kappa shape index (κ1) is 46.2. The number of methoxy groups -OCH3 is 2. The molecule has 0 saturated carbocycles. The number of amides is 1. The van der Waals surface area contributed by atoms with Gasteiger partial charge in [0.05, 0.1) is 42.7 Å². The highest BCUT2D eigenvalue weighted by atomic mass is 79.9. The van der Waals surface area contributed by atoms with E-state index in [1.807, 2.05) is 102 Å². The molecule has 0 spiro atoms. The molecule has 4 aromatic rings. The molecule has 0 saturated heterocycles. The Morgan fingerprint density at radius 2 is 0.943 bits per heavy atom. The number of Topliss-reactive ketones (excluding diaryl/α,β-unsaturated/α-hetero) is 2. The maximum atomic E-state index is 12.9. The summed E-state index contributed by atoms with van der Waals surface area (Å²) < 4.78 is 16.9. The number of rotatable bonds is 9. The molecule has 0 heterocycles. The number of halogens is 1. The van der Waals surface area contributed by atoms with Crippen LogP contribution in [-0.2, 0) is 4.74 Å². The number of ketones is 2. The smallest absolute Gasteiger partial charge is 0.412 e. The lowest BCUT2D eigenvalue weighted by atomic mass is 9.86. The first-order chi connectivity index (χ1) is 23.7. The van der Waals surface area contributed by atoms with Gasteiger partial charge >= 0.3 is 6.09 Å². The topological polar surface area (TPSA) is 115 Å². The Labute approximate surface area is 325 Å². The first-order valence-electron chi connectivity index (χ1n) is 16.6. The van der Waals surface area contributed by atoms with E-state index in [-0.39, 0.29) is 26.4 Å². The standard InChI is InChI=1S/C23H30N2O4.C18H20BrNO2.2CH4/c1-22(2,3)20(26)16-13-12-15(28-7)14-19(16)24-17-10-8-9-11-18(17)25-21(27)29-23(4,5)6;1-18(2,3)17(21)13-10-9-12(22-4)11-16(13)20-15-8-6-5-7-14(15)19;;/h8-14,24H,1-7H3,(H,25,27);5-11,20H,1-4H3;2*1H4. The van der Waals surface area contributed by atoms with Crippen LogP contribution in [0.3, 0.4) is 0 Å². The van der Waals surface area contributed by atoms with Gasteiger partial charge in [-0.15, -0.1) is 0 Å². The van der Waals surface area contributed by atoms with Crippen molar-refractivity contribution in [3.05, 3.63) is 101 Å². The van der Waals surface area contributed by atoms with Crippen LogP contribution in [0.2, 0.25) is 0 Å². The Balaban J connectivity index is 0.000000528. The Morgan fingerprint density at radius 3 is 1.34 bits per heavy atom. The third kappa shape index (κ3) is 13.6. The molecule has 1 amide bonds. The summed E-state index contributed by atoms with van der Waals surface area (Å²) in [6.45, 7) is 16.8. The third-order valence-electron chi connectivity index (χ3n) is 7.28. The molecule has 0 aromatic heterocycles. The van der Waals surface area contributed by atoms with Gasteiger partial charge in [-0.3, -0.25) is 14.9 Å². The summed E-state index contributed by atoms with van der Waals surface area (Å²) in [5.41, 5.74) is 3.03. The molecule has 0 fully saturated rings. The van der Waals surface area contributed by atoms with Crippen LogP contribution in [0.4, 0.5) is 33.2 Å². The zero-order valence-electron chi connectivity index (χ0n) is 31.4. The minimum absolute atomic E-state index is 0. The normalized spacial score (nSPS) is 10.9. The van der Waals surface area contributed by atoms with E-state index in [1.165, 1.54) is 0 Å². The molecule has 4 aromatic carbocycles. The molecule has 288 valence electrons. The van der Waals surface area contributed by atoms with Gasteiger partial charge < -0.3 is 24.8 Å². The average Bonchev–Trinajstić information content (AvgIpc) is 3.04. The van der Waals surface area contributed by atoms with Crippen molar-refractivity contribution in [1.82, 2.24) is 0 Å². The lowest BCUT2D eigenvalue weighted by Gasteiger charge is -2.22. The van der Waals surface area contributed by atoms with Crippen molar-refractivity contribution in [3.8, 4) is 11.5 Å². The molecule has 9 nitrogen and oxygen atoms in total. The second-order valence-electron chi connectivity index (χ2n) is 14.9. The minimum atomic E-state index is -0.606. The molecular weight excluding hydrogens is 734 g/mol. The molecule has 10 heteroatoms. The van der Waals surface area contributed by atoms with E-state index in [0.29, 0.717) is 39.7 Å². The molecule has 3 N–H and O–H groups in total. The maximum Gasteiger partial charge on any atom is 0.412 e. The van der Waals surface area contributed by atoms with Gasteiger partial charge in [0.2, 0.25) is 0 Å². The summed E-state index contributed by atoms with van der Waals surface area (Å²) in [4.78, 5) is 37.8. The molecular formula is C43H58BrN3O6. The number of para-hydroxylation sites is 3. The van der Waals surface area contributed by atoms with Gasteiger partial charge in [0.25, 0.3) is 0 Å². The fourth-order valence-corrected chi connectivity index (χ4v) is 5.06. The largest absolute Gasteiger partial charge is 0.497 e. The van der Waals surface area contributed by atoms with Crippen molar-refractivity contribution in [2.45, 2.75) is 82.8 Å². The highest BCUT2D eigenvalue weighted by Gasteiger charge is 2.27. The quantitative estimate of drug-likeness (QED) is 0.144. The molecule has 0 unspecified atom stereocenters. The van der Waals surface area contributed by atoms with Gasteiger partial charge in [-0.25, -0.2) is 4.79 Å². The molecule has 0 aliphatic heterocycles. The Bertz CT molecular complexity index is 1850. The molecule has 4 rings (SSSR count). The van der Waals surface area contributed by atoms with Crippen molar-refractivity contribution >= 4 is 62.0 Å². The number of anilines is 5. The third-order valence-corrected chi connectivity index (χ3v) is 7.97. The molecule has 0 radical (unpaired) electrons. The monoisotopic (exact) mass is 791 g/mol. The van der Waals surface area contributed by atoms with Gasteiger partial charge in [0.15, 0.2) is 11.6 Å². The molecule has 53 heavy (non-hydrogen) atoms. The highest BCUT2D eigenvalue weighted by molar-refractivity contribution is 9.10. The lowest BCUT2D eigenvalue weighted by Crippen LogP contribution is -2.27. The summed E-state index contributed by atoms with van der Waals surface area (Å²) in [5, 5.41) is 9.34. The SMILES string of the molecule is C.C.COc1ccc(C(=O)C(C)(C)C)c(Nc2ccccc2Br)c1.COc1ccc(C(=O)C(C)(C)C)c(Nc2ccccc2NC(=O)OC(C)(C)C)c1. The highest BCUT2D eigenvalue weighted by Crippen LogP contribution is 2.35. The lowest BCUT2D eigenvalue weighted by molar-refractivity contribution is 0.0635. The number of hydrogen-bond acceptors (Lipinski definition) is 8.